The maximum Gasteiger partial charge on any atom is 0.323 e. The third-order valence-electron chi connectivity index (χ3n) is 9.64. The fourth-order valence-corrected chi connectivity index (χ4v) is 7.08. The number of halogens is 1. The highest BCUT2D eigenvalue weighted by molar-refractivity contribution is 6.32. The molecule has 0 amide bonds. The molecular formula is C39H45ClN4O6. The highest BCUT2D eigenvalue weighted by atomic mass is 35.5. The summed E-state index contributed by atoms with van der Waals surface area (Å²) in [6.45, 7) is 7.01. The van der Waals surface area contributed by atoms with Crippen LogP contribution in [-0.2, 0) is 31.0 Å². The van der Waals surface area contributed by atoms with Gasteiger partial charge in [0.05, 0.1) is 17.7 Å². The van der Waals surface area contributed by atoms with Gasteiger partial charge in [-0.25, -0.2) is 0 Å². The number of carbonyl (C=O) groups is 1. The fourth-order valence-electron chi connectivity index (χ4n) is 6.84. The minimum absolute atomic E-state index is 0.114. The number of fused-ring (bicyclic) bond motifs is 1. The fraction of sp³-hybridized carbons (Fsp3) is 0.385. The lowest BCUT2D eigenvalue weighted by molar-refractivity contribution is -0.140. The number of aromatic nitrogens is 1. The minimum Gasteiger partial charge on any atom is -0.488 e. The summed E-state index contributed by atoms with van der Waals surface area (Å²) in [5, 5.41) is 31.9. The molecule has 0 spiro atoms. The highest BCUT2D eigenvalue weighted by Crippen LogP contribution is 2.39. The Balaban J connectivity index is 1.17. The zero-order valence-electron chi connectivity index (χ0n) is 28.4. The van der Waals surface area contributed by atoms with E-state index in [1.165, 1.54) is 22.4 Å². The van der Waals surface area contributed by atoms with Crippen LogP contribution in [0, 0.1) is 6.92 Å². The third kappa shape index (κ3) is 8.57. The average Bonchev–Trinajstić information content (AvgIpc) is 3.74. The standard InChI is InChI=1S/C39H45ClN4O6/c1-26-28(7-2-8-31(26)32-9-3-10-36-33(32)12-17-44(36)15-5-14-43-16-11-30(46)22-43)25-50-38-19-37(49-24-27-6-4-13-41-20-27)29(18-34(38)40)21-42-35(23-45)39(47)48/h2-4,6-10,13,18-20,30,35,42,45-46H,5,11-12,14-17,21-25H2,1H3,(H,47,48)/t30?,35-/m0/s1. The van der Waals surface area contributed by atoms with E-state index in [1.54, 1.807) is 24.5 Å². The van der Waals surface area contributed by atoms with Crippen LogP contribution in [0.5, 0.6) is 11.5 Å². The van der Waals surface area contributed by atoms with Crippen LogP contribution in [0.25, 0.3) is 11.1 Å². The van der Waals surface area contributed by atoms with Crippen molar-refractivity contribution in [2.45, 2.75) is 58.1 Å². The molecule has 1 unspecified atom stereocenters. The summed E-state index contributed by atoms with van der Waals surface area (Å²) < 4.78 is 12.5. The quantitative estimate of drug-likeness (QED) is 0.124. The van der Waals surface area contributed by atoms with Crippen LogP contribution in [0.1, 0.15) is 40.7 Å². The van der Waals surface area contributed by atoms with Crippen LogP contribution in [0.3, 0.4) is 0 Å². The molecule has 2 atom stereocenters. The monoisotopic (exact) mass is 700 g/mol. The molecule has 264 valence electrons. The Hall–Kier alpha value is -4.19. The first-order valence-corrected chi connectivity index (χ1v) is 17.6. The zero-order valence-corrected chi connectivity index (χ0v) is 29.1. The molecule has 10 nitrogen and oxygen atoms in total. The van der Waals surface area contributed by atoms with Crippen molar-refractivity contribution in [1.82, 2.24) is 15.2 Å². The van der Waals surface area contributed by atoms with Gasteiger partial charge in [-0.1, -0.05) is 48.0 Å². The van der Waals surface area contributed by atoms with Crippen molar-refractivity contribution in [3.8, 4) is 22.6 Å². The summed E-state index contributed by atoms with van der Waals surface area (Å²) in [7, 11) is 0. The van der Waals surface area contributed by atoms with Crippen LogP contribution in [0.4, 0.5) is 5.69 Å². The summed E-state index contributed by atoms with van der Waals surface area (Å²) in [5.41, 5.74) is 8.78. The van der Waals surface area contributed by atoms with E-state index in [1.807, 2.05) is 12.1 Å². The number of pyridine rings is 1. The molecule has 2 aliphatic rings. The summed E-state index contributed by atoms with van der Waals surface area (Å²) in [6, 6.07) is 18.9. The van der Waals surface area contributed by atoms with E-state index in [9.17, 15) is 20.1 Å². The Labute approximate surface area is 298 Å². The van der Waals surface area contributed by atoms with Crippen molar-refractivity contribution >= 4 is 23.3 Å². The van der Waals surface area contributed by atoms with Crippen molar-refractivity contribution in [2.24, 2.45) is 0 Å². The van der Waals surface area contributed by atoms with Gasteiger partial charge in [-0.2, -0.15) is 0 Å². The molecular weight excluding hydrogens is 656 g/mol. The summed E-state index contributed by atoms with van der Waals surface area (Å²) in [4.78, 5) is 20.5. The number of aliphatic hydroxyl groups is 2. The number of β-amino-alcohol motifs (C(OH)–C–C–N with tert-alkyl or cyclic N) is 1. The molecule has 1 aromatic heterocycles. The second kappa shape index (κ2) is 16.7. The SMILES string of the molecule is Cc1c(COc2cc(OCc3cccnc3)c(CN[C@@H](CO)C(=O)O)cc2Cl)cccc1-c1cccc2c1CCN2CCCN1CCC(O)C1. The molecule has 6 rings (SSSR count). The first kappa shape index (κ1) is 35.6. The minimum atomic E-state index is -1.15. The molecule has 11 heteroatoms. The lowest BCUT2D eigenvalue weighted by Crippen LogP contribution is -2.39. The molecule has 3 heterocycles. The molecule has 4 aromatic rings. The molecule has 1 fully saturated rings. The normalized spacial score (nSPS) is 16.4. The van der Waals surface area contributed by atoms with Crippen molar-refractivity contribution in [2.75, 3.05) is 44.2 Å². The number of carboxylic acid groups (broad SMARTS) is 1. The second-order valence-electron chi connectivity index (χ2n) is 13.0. The number of likely N-dealkylation sites (tertiary alicyclic amines) is 1. The van der Waals surface area contributed by atoms with Crippen LogP contribution < -0.4 is 19.7 Å². The van der Waals surface area contributed by atoms with Crippen LogP contribution in [-0.4, -0.2) is 82.6 Å². The zero-order chi connectivity index (χ0) is 35.0. The van der Waals surface area contributed by atoms with E-state index in [0.29, 0.717) is 22.1 Å². The Kier molecular flexibility index (Phi) is 11.9. The van der Waals surface area contributed by atoms with E-state index in [-0.39, 0.29) is 25.9 Å². The number of rotatable bonds is 16. The maximum atomic E-state index is 11.5. The first-order valence-electron chi connectivity index (χ1n) is 17.2. The van der Waals surface area contributed by atoms with Gasteiger partial charge in [0.15, 0.2) is 0 Å². The lowest BCUT2D eigenvalue weighted by atomic mass is 9.92. The van der Waals surface area contributed by atoms with Gasteiger partial charge in [-0.05, 0) is 78.7 Å². The van der Waals surface area contributed by atoms with Crippen molar-refractivity contribution in [1.29, 1.82) is 0 Å². The summed E-state index contributed by atoms with van der Waals surface area (Å²) in [5.74, 6) is -0.226. The van der Waals surface area contributed by atoms with Crippen LogP contribution in [0.2, 0.25) is 5.02 Å². The number of carboxylic acids is 1. The first-order chi connectivity index (χ1) is 24.3. The molecule has 4 N–H and O–H groups in total. The van der Waals surface area contributed by atoms with Gasteiger partial charge < -0.3 is 34.6 Å². The molecule has 1 saturated heterocycles. The number of aliphatic hydroxyl groups excluding tert-OH is 2. The average molecular weight is 701 g/mol. The predicted molar refractivity (Wildman–Crippen MR) is 194 cm³/mol. The number of benzene rings is 3. The molecule has 0 bridgehead atoms. The summed E-state index contributed by atoms with van der Waals surface area (Å²) >= 11 is 6.72. The van der Waals surface area contributed by atoms with E-state index < -0.39 is 18.6 Å². The highest BCUT2D eigenvalue weighted by Gasteiger charge is 2.25. The third-order valence-corrected chi connectivity index (χ3v) is 9.94. The Morgan fingerprint density at radius 3 is 2.60 bits per heavy atom. The van der Waals surface area contributed by atoms with Gasteiger partial charge in [-0.3, -0.25) is 15.1 Å². The number of hydrogen-bond donors (Lipinski definition) is 4. The van der Waals surface area contributed by atoms with Gasteiger partial charge in [0.25, 0.3) is 0 Å². The van der Waals surface area contributed by atoms with Gasteiger partial charge in [0.2, 0.25) is 0 Å². The largest absolute Gasteiger partial charge is 0.488 e. The number of nitrogens with one attached hydrogen (secondary N) is 1. The molecule has 0 saturated carbocycles. The Bertz CT molecular complexity index is 1770. The Morgan fingerprint density at radius 1 is 1.02 bits per heavy atom. The number of aliphatic carboxylic acids is 1. The van der Waals surface area contributed by atoms with Gasteiger partial charge in [0.1, 0.15) is 30.8 Å². The van der Waals surface area contributed by atoms with Crippen molar-refractivity contribution < 1.29 is 29.6 Å². The van der Waals surface area contributed by atoms with Gasteiger partial charge >= 0.3 is 5.97 Å². The van der Waals surface area contributed by atoms with Crippen LogP contribution >= 0.6 is 11.6 Å². The van der Waals surface area contributed by atoms with Crippen LogP contribution in [0.15, 0.2) is 73.1 Å². The van der Waals surface area contributed by atoms with Gasteiger partial charge in [0, 0.05) is 68.0 Å². The smallest absolute Gasteiger partial charge is 0.323 e. The number of hydrogen-bond acceptors (Lipinski definition) is 9. The molecule has 0 radical (unpaired) electrons. The second-order valence-corrected chi connectivity index (χ2v) is 13.4. The molecule has 3 aromatic carbocycles. The van der Waals surface area contributed by atoms with E-state index in [0.717, 1.165) is 68.7 Å². The molecule has 2 aliphatic heterocycles. The Morgan fingerprint density at radius 2 is 1.84 bits per heavy atom. The van der Waals surface area contributed by atoms with Crippen molar-refractivity contribution in [3.05, 3.63) is 106 Å². The number of ether oxygens (including phenoxy) is 2. The topological polar surface area (TPSA) is 128 Å². The van der Waals surface area contributed by atoms with E-state index in [4.69, 9.17) is 21.1 Å². The summed E-state index contributed by atoms with van der Waals surface area (Å²) in [6.07, 6.45) is 6.18. The number of anilines is 1. The molecule has 0 aliphatic carbocycles. The lowest BCUT2D eigenvalue weighted by Gasteiger charge is -2.22. The number of nitrogens with zero attached hydrogens (tertiary/aromatic N) is 3. The van der Waals surface area contributed by atoms with E-state index >= 15 is 0 Å². The van der Waals surface area contributed by atoms with Crippen molar-refractivity contribution in [3.63, 3.8) is 0 Å². The predicted octanol–water partition coefficient (Wildman–Crippen LogP) is 5.22. The maximum absolute atomic E-state index is 11.5. The van der Waals surface area contributed by atoms with E-state index in [2.05, 4.69) is 63.4 Å². The van der Waals surface area contributed by atoms with Gasteiger partial charge in [-0.15, -0.1) is 0 Å². The molecule has 50 heavy (non-hydrogen) atoms.